The molecule has 2 fully saturated rings. The molecule has 3 atom stereocenters. The highest BCUT2D eigenvalue weighted by Crippen LogP contribution is 2.36. The summed E-state index contributed by atoms with van der Waals surface area (Å²) in [5.41, 5.74) is 12.6. The van der Waals surface area contributed by atoms with E-state index >= 15 is 0 Å². The summed E-state index contributed by atoms with van der Waals surface area (Å²) in [5.74, 6) is -0.136. The van der Waals surface area contributed by atoms with Crippen molar-refractivity contribution in [3.63, 3.8) is 0 Å². The molecule has 3 heterocycles. The van der Waals surface area contributed by atoms with Crippen molar-refractivity contribution in [1.29, 1.82) is 0 Å². The maximum Gasteiger partial charge on any atom is 0.322 e. The summed E-state index contributed by atoms with van der Waals surface area (Å²) < 4.78 is 0.901. The molecule has 10 nitrogen and oxygen atoms in total. The van der Waals surface area contributed by atoms with Crippen LogP contribution in [0.25, 0.3) is 10.2 Å². The minimum absolute atomic E-state index is 0.0234. The van der Waals surface area contributed by atoms with Crippen LogP contribution in [0.3, 0.4) is 0 Å². The number of para-hydroxylation sites is 1. The van der Waals surface area contributed by atoms with Crippen molar-refractivity contribution in [1.82, 2.24) is 20.1 Å². The molecule has 198 valence electrons. The Morgan fingerprint density at radius 1 is 1.13 bits per heavy atom. The molecule has 2 aromatic carbocycles. The smallest absolute Gasteiger partial charge is 0.322 e. The summed E-state index contributed by atoms with van der Waals surface area (Å²) >= 11 is 2.89. The number of amides is 3. The molecule has 3 amide bonds. The van der Waals surface area contributed by atoms with Crippen LogP contribution in [0, 0.1) is 0 Å². The second kappa shape index (κ2) is 11.4. The normalized spacial score (nSPS) is 19.4. The highest BCUT2D eigenvalue weighted by atomic mass is 32.2. The standard InChI is InChI=1S/C26H29N7O3S2/c27-25(28)29-12-6-10-18(22(34)24-31-17-9-4-5-11-20(17)38-24)30-23(35)19-15-37-21-14-32(26(36)33(19)21)13-16-7-2-1-3-8-16/h1-5,7-9,11,18-19,21H,6,10,12-15H2,(H,30,35)(H4,27,28,29)/t18?,19-,21?/m1/s1. The number of carbonyl (C=O) groups is 3. The van der Waals surface area contributed by atoms with Gasteiger partial charge in [-0.25, -0.2) is 9.78 Å². The first-order valence-electron chi connectivity index (χ1n) is 12.4. The topological polar surface area (TPSA) is 147 Å². The van der Waals surface area contributed by atoms with E-state index in [1.165, 1.54) is 11.3 Å². The predicted octanol–water partition coefficient (Wildman–Crippen LogP) is 2.40. The van der Waals surface area contributed by atoms with Gasteiger partial charge in [-0.15, -0.1) is 23.1 Å². The second-order valence-corrected chi connectivity index (χ2v) is 11.5. The minimum atomic E-state index is -0.806. The molecule has 38 heavy (non-hydrogen) atoms. The third-order valence-electron chi connectivity index (χ3n) is 6.56. The lowest BCUT2D eigenvalue weighted by Crippen LogP contribution is -2.52. The molecule has 2 aliphatic rings. The molecular weight excluding hydrogens is 522 g/mol. The highest BCUT2D eigenvalue weighted by Gasteiger charge is 2.49. The zero-order valence-corrected chi connectivity index (χ0v) is 22.3. The number of benzene rings is 2. The van der Waals surface area contributed by atoms with E-state index in [9.17, 15) is 14.4 Å². The number of aliphatic imine (C=N–C) groups is 1. The van der Waals surface area contributed by atoms with Crippen LogP contribution in [-0.2, 0) is 11.3 Å². The molecule has 0 bridgehead atoms. The van der Waals surface area contributed by atoms with Crippen LogP contribution in [0.5, 0.6) is 0 Å². The fourth-order valence-electron chi connectivity index (χ4n) is 4.70. The molecule has 1 aromatic heterocycles. The van der Waals surface area contributed by atoms with Crippen LogP contribution in [0.4, 0.5) is 4.79 Å². The van der Waals surface area contributed by atoms with Gasteiger partial charge in [0.1, 0.15) is 6.04 Å². The van der Waals surface area contributed by atoms with Gasteiger partial charge in [-0.05, 0) is 30.5 Å². The first kappa shape index (κ1) is 26.0. The number of ketones is 1. The first-order valence-corrected chi connectivity index (χ1v) is 14.3. The lowest BCUT2D eigenvalue weighted by molar-refractivity contribution is -0.125. The van der Waals surface area contributed by atoms with Gasteiger partial charge in [0, 0.05) is 18.8 Å². The average molecular weight is 552 g/mol. The Balaban J connectivity index is 1.29. The molecule has 0 saturated carbocycles. The molecular formula is C26H29N7O3S2. The summed E-state index contributed by atoms with van der Waals surface area (Å²) in [4.78, 5) is 52.1. The number of nitrogens with one attached hydrogen (secondary N) is 1. The van der Waals surface area contributed by atoms with Gasteiger partial charge in [-0.1, -0.05) is 42.5 Å². The number of aromatic nitrogens is 1. The third-order valence-corrected chi connectivity index (χ3v) is 8.88. The minimum Gasteiger partial charge on any atom is -0.370 e. The Hall–Kier alpha value is -3.64. The van der Waals surface area contributed by atoms with Crippen LogP contribution in [0.1, 0.15) is 28.2 Å². The van der Waals surface area contributed by atoms with Crippen molar-refractivity contribution in [2.45, 2.75) is 36.8 Å². The van der Waals surface area contributed by atoms with Gasteiger partial charge in [0.25, 0.3) is 0 Å². The number of carbonyl (C=O) groups excluding carboxylic acids is 3. The number of rotatable bonds is 10. The quantitative estimate of drug-likeness (QED) is 0.152. The summed E-state index contributed by atoms with van der Waals surface area (Å²) in [6.45, 7) is 1.38. The van der Waals surface area contributed by atoms with Gasteiger partial charge in [0.05, 0.1) is 28.2 Å². The fourth-order valence-corrected chi connectivity index (χ4v) is 7.06. The Bertz CT molecular complexity index is 1330. The largest absolute Gasteiger partial charge is 0.370 e. The number of Topliss-reactive ketones (excluding diaryl/α,β-unsaturated/α-hetero) is 1. The number of guanidine groups is 1. The van der Waals surface area contributed by atoms with Crippen molar-refractivity contribution >= 4 is 57.0 Å². The van der Waals surface area contributed by atoms with E-state index in [0.717, 1.165) is 15.8 Å². The van der Waals surface area contributed by atoms with E-state index in [1.807, 2.05) is 54.6 Å². The Morgan fingerprint density at radius 3 is 2.66 bits per heavy atom. The summed E-state index contributed by atoms with van der Waals surface area (Å²) in [7, 11) is 0. The molecule has 2 unspecified atom stereocenters. The molecule has 5 rings (SSSR count). The molecule has 5 N–H and O–H groups in total. The summed E-state index contributed by atoms with van der Waals surface area (Å²) in [5, 5.41) is 3.17. The van der Waals surface area contributed by atoms with Crippen molar-refractivity contribution < 1.29 is 14.4 Å². The summed E-state index contributed by atoms with van der Waals surface area (Å²) in [6.07, 6.45) is 0.837. The number of urea groups is 1. The summed E-state index contributed by atoms with van der Waals surface area (Å²) in [6, 6.07) is 15.7. The van der Waals surface area contributed by atoms with Crippen LogP contribution < -0.4 is 16.8 Å². The van der Waals surface area contributed by atoms with Crippen LogP contribution in [0.2, 0.25) is 0 Å². The van der Waals surface area contributed by atoms with Crippen molar-refractivity contribution in [3.05, 3.63) is 65.2 Å². The number of nitrogens with two attached hydrogens (primary N) is 2. The molecule has 0 spiro atoms. The molecule has 0 radical (unpaired) electrons. The van der Waals surface area contributed by atoms with Gasteiger partial charge in [0.15, 0.2) is 11.0 Å². The fraction of sp³-hybridized carbons (Fsp3) is 0.346. The maximum atomic E-state index is 13.5. The van der Waals surface area contributed by atoms with Gasteiger partial charge in [-0.2, -0.15) is 0 Å². The molecule has 3 aromatic rings. The monoisotopic (exact) mass is 551 g/mol. The number of fused-ring (bicyclic) bond motifs is 2. The third kappa shape index (κ3) is 5.60. The predicted molar refractivity (Wildman–Crippen MR) is 150 cm³/mol. The number of thiazole rings is 1. The van der Waals surface area contributed by atoms with Crippen molar-refractivity contribution in [3.8, 4) is 0 Å². The van der Waals surface area contributed by atoms with E-state index in [4.69, 9.17) is 11.5 Å². The number of hydrogen-bond acceptors (Lipinski definition) is 7. The average Bonchev–Trinajstić information content (AvgIpc) is 3.61. The maximum absolute atomic E-state index is 13.5. The van der Waals surface area contributed by atoms with Crippen LogP contribution in [-0.4, -0.2) is 74.8 Å². The number of nitrogens with zero attached hydrogens (tertiary/aromatic N) is 4. The van der Waals surface area contributed by atoms with E-state index in [2.05, 4.69) is 15.3 Å². The Kier molecular flexibility index (Phi) is 7.79. The Labute approximate surface area is 228 Å². The molecule has 12 heteroatoms. The van der Waals surface area contributed by atoms with Crippen LogP contribution >= 0.6 is 23.1 Å². The van der Waals surface area contributed by atoms with Gasteiger partial charge >= 0.3 is 6.03 Å². The van der Waals surface area contributed by atoms with Crippen molar-refractivity contribution in [2.24, 2.45) is 16.5 Å². The number of thioether (sulfide) groups is 1. The highest BCUT2D eigenvalue weighted by molar-refractivity contribution is 8.00. The van der Waals surface area contributed by atoms with E-state index in [0.29, 0.717) is 43.2 Å². The van der Waals surface area contributed by atoms with E-state index in [-0.39, 0.29) is 29.1 Å². The number of hydrogen-bond donors (Lipinski definition) is 3. The Morgan fingerprint density at radius 2 is 1.89 bits per heavy atom. The molecule has 2 saturated heterocycles. The lowest BCUT2D eigenvalue weighted by Gasteiger charge is -2.25. The van der Waals surface area contributed by atoms with Crippen molar-refractivity contribution in [2.75, 3.05) is 18.8 Å². The first-order chi connectivity index (χ1) is 18.4. The van der Waals surface area contributed by atoms with Gasteiger partial charge < -0.3 is 21.7 Å². The van der Waals surface area contributed by atoms with Crippen LogP contribution in [0.15, 0.2) is 59.6 Å². The molecule has 0 aliphatic carbocycles. The zero-order valence-electron chi connectivity index (χ0n) is 20.7. The van der Waals surface area contributed by atoms with Gasteiger partial charge in [0.2, 0.25) is 11.7 Å². The second-order valence-electron chi connectivity index (χ2n) is 9.22. The SMILES string of the molecule is NC(N)=NCCCC(NC(=O)[C@H]1CSC2CN(Cc3ccccc3)C(=O)N21)C(=O)c1nc2ccccc2s1. The van der Waals surface area contributed by atoms with Gasteiger partial charge in [-0.3, -0.25) is 19.5 Å². The lowest BCUT2D eigenvalue weighted by atomic mass is 10.1. The zero-order chi connectivity index (χ0) is 26.6. The molecule has 2 aliphatic heterocycles. The van der Waals surface area contributed by atoms with E-state index < -0.39 is 12.1 Å². The van der Waals surface area contributed by atoms with E-state index in [1.54, 1.807) is 21.6 Å².